The Morgan fingerprint density at radius 3 is 2.58 bits per heavy atom. The van der Waals surface area contributed by atoms with E-state index in [4.69, 9.17) is 4.74 Å². The van der Waals surface area contributed by atoms with Crippen molar-refractivity contribution in [2.24, 2.45) is 4.99 Å². The van der Waals surface area contributed by atoms with Crippen LogP contribution in [0.3, 0.4) is 0 Å². The molecule has 1 aromatic carbocycles. The number of benzene rings is 1. The Labute approximate surface area is 154 Å². The van der Waals surface area contributed by atoms with Gasteiger partial charge in [0.05, 0.1) is 12.3 Å². The fraction of sp³-hybridized carbons (Fsp3) is 0.588. The van der Waals surface area contributed by atoms with Gasteiger partial charge in [-0.1, -0.05) is 0 Å². The van der Waals surface area contributed by atoms with E-state index in [1.807, 2.05) is 13.8 Å². The van der Waals surface area contributed by atoms with E-state index in [9.17, 15) is 17.9 Å². The summed E-state index contributed by atoms with van der Waals surface area (Å²) < 4.78 is 40.7. The molecule has 3 N–H and O–H groups in total. The molecule has 1 rings (SSSR count). The number of ether oxygens (including phenoxy) is 1. The highest BCUT2D eigenvalue weighted by molar-refractivity contribution is 7.90. The van der Waals surface area contributed by atoms with Crippen LogP contribution in [0.1, 0.15) is 20.3 Å². The van der Waals surface area contributed by atoms with Crippen molar-refractivity contribution in [3.63, 3.8) is 0 Å². The minimum atomic E-state index is -3.01. The van der Waals surface area contributed by atoms with Gasteiger partial charge in [0, 0.05) is 18.8 Å². The summed E-state index contributed by atoms with van der Waals surface area (Å²) in [4.78, 5) is 4.28. The second-order valence-electron chi connectivity index (χ2n) is 6.10. The Balaban J connectivity index is 2.46. The van der Waals surface area contributed by atoms with Gasteiger partial charge in [0.1, 0.15) is 34.1 Å². The second kappa shape index (κ2) is 11.0. The summed E-state index contributed by atoms with van der Waals surface area (Å²) in [6.07, 6.45) is 0.831. The molecule has 2 unspecified atom stereocenters. The molecule has 0 saturated carbocycles. The zero-order chi connectivity index (χ0) is 19.6. The maximum absolute atomic E-state index is 12.8. The summed E-state index contributed by atoms with van der Waals surface area (Å²) in [5.41, 5.74) is 0. The standard InChI is InChI=1S/C17H28FN3O4S/c1-4-19-17(21-13(2)9-10-26(3,23)24)20-11-15(22)12-25-16-7-5-14(18)6-8-16/h5-8,13,15,22H,4,9-12H2,1-3H3,(H2,19,20,21). The van der Waals surface area contributed by atoms with E-state index in [1.54, 1.807) is 0 Å². The fourth-order valence-electron chi connectivity index (χ4n) is 1.99. The maximum Gasteiger partial charge on any atom is 0.191 e. The van der Waals surface area contributed by atoms with Crippen molar-refractivity contribution in [1.29, 1.82) is 0 Å². The number of nitrogens with one attached hydrogen (secondary N) is 2. The largest absolute Gasteiger partial charge is 0.491 e. The molecule has 0 aliphatic heterocycles. The quantitative estimate of drug-likeness (QED) is 0.407. The van der Waals surface area contributed by atoms with Gasteiger partial charge in [-0.3, -0.25) is 4.99 Å². The molecule has 7 nitrogen and oxygen atoms in total. The number of aliphatic hydroxyl groups excluding tert-OH is 1. The third kappa shape index (κ3) is 10.2. The molecule has 26 heavy (non-hydrogen) atoms. The first-order valence-corrected chi connectivity index (χ1v) is 10.5. The highest BCUT2D eigenvalue weighted by Crippen LogP contribution is 2.11. The van der Waals surface area contributed by atoms with E-state index in [-0.39, 0.29) is 30.8 Å². The molecule has 0 aliphatic rings. The molecule has 2 atom stereocenters. The summed E-state index contributed by atoms with van der Waals surface area (Å²) in [6, 6.07) is 5.45. The first-order chi connectivity index (χ1) is 12.2. The minimum absolute atomic E-state index is 0.0260. The van der Waals surface area contributed by atoms with Crippen LogP contribution in [0.15, 0.2) is 29.3 Å². The van der Waals surface area contributed by atoms with Gasteiger partial charge in [-0.15, -0.1) is 0 Å². The summed E-state index contributed by atoms with van der Waals surface area (Å²) in [7, 11) is -3.01. The van der Waals surface area contributed by atoms with Crippen LogP contribution in [0.4, 0.5) is 4.39 Å². The molecule has 0 aromatic heterocycles. The summed E-state index contributed by atoms with van der Waals surface area (Å²) in [5.74, 6) is 0.700. The Morgan fingerprint density at radius 1 is 1.35 bits per heavy atom. The summed E-state index contributed by atoms with van der Waals surface area (Å²) in [6.45, 7) is 4.54. The van der Waals surface area contributed by atoms with E-state index in [0.717, 1.165) is 0 Å². The monoisotopic (exact) mass is 389 g/mol. The van der Waals surface area contributed by atoms with E-state index < -0.39 is 15.9 Å². The number of halogens is 1. The normalized spacial score (nSPS) is 14.6. The van der Waals surface area contributed by atoms with Crippen molar-refractivity contribution in [2.75, 3.05) is 31.7 Å². The van der Waals surface area contributed by atoms with Gasteiger partial charge in [-0.05, 0) is 44.5 Å². The molecule has 0 spiro atoms. The topological polar surface area (TPSA) is 100 Å². The molecule has 1 aromatic rings. The van der Waals surface area contributed by atoms with Crippen LogP contribution in [0.25, 0.3) is 0 Å². The van der Waals surface area contributed by atoms with Crippen molar-refractivity contribution >= 4 is 15.8 Å². The number of rotatable bonds is 10. The highest BCUT2D eigenvalue weighted by atomic mass is 32.2. The molecule has 9 heteroatoms. The molecule has 0 heterocycles. The fourth-order valence-corrected chi connectivity index (χ4v) is 2.77. The predicted octanol–water partition coefficient (Wildman–Crippen LogP) is 0.944. The third-order valence-electron chi connectivity index (χ3n) is 3.37. The molecule has 0 fully saturated rings. The average molecular weight is 389 g/mol. The number of hydrogen-bond donors (Lipinski definition) is 3. The van der Waals surface area contributed by atoms with Gasteiger partial charge in [-0.25, -0.2) is 12.8 Å². The first-order valence-electron chi connectivity index (χ1n) is 8.48. The van der Waals surface area contributed by atoms with Crippen LogP contribution < -0.4 is 15.4 Å². The van der Waals surface area contributed by atoms with Crippen LogP contribution in [0.2, 0.25) is 0 Å². The molecular formula is C17H28FN3O4S. The first kappa shape index (κ1) is 22.2. The third-order valence-corrected chi connectivity index (χ3v) is 4.34. The Hall–Kier alpha value is -1.87. The number of aliphatic hydroxyl groups is 1. The Morgan fingerprint density at radius 2 is 2.00 bits per heavy atom. The lowest BCUT2D eigenvalue weighted by atomic mass is 10.3. The molecule has 148 valence electrons. The molecule has 0 amide bonds. The van der Waals surface area contributed by atoms with Gasteiger partial charge < -0.3 is 20.5 Å². The lowest BCUT2D eigenvalue weighted by molar-refractivity contribution is 0.114. The van der Waals surface area contributed by atoms with E-state index in [2.05, 4.69) is 15.6 Å². The Kier molecular flexibility index (Phi) is 9.36. The Bertz CT molecular complexity index is 665. The molecule has 0 bridgehead atoms. The number of nitrogens with zero attached hydrogens (tertiary/aromatic N) is 1. The number of hydrogen-bond acceptors (Lipinski definition) is 5. The number of guanidine groups is 1. The summed E-state index contributed by atoms with van der Waals surface area (Å²) in [5, 5.41) is 16.1. The molecule has 0 radical (unpaired) electrons. The molecular weight excluding hydrogens is 361 g/mol. The summed E-state index contributed by atoms with van der Waals surface area (Å²) >= 11 is 0. The van der Waals surface area contributed by atoms with E-state index in [1.165, 1.54) is 30.5 Å². The lowest BCUT2D eigenvalue weighted by Crippen LogP contribution is -2.43. The predicted molar refractivity (Wildman–Crippen MR) is 101 cm³/mol. The van der Waals surface area contributed by atoms with Crippen molar-refractivity contribution in [3.05, 3.63) is 30.1 Å². The zero-order valence-corrected chi connectivity index (χ0v) is 16.2. The smallest absolute Gasteiger partial charge is 0.191 e. The van der Waals surface area contributed by atoms with Crippen molar-refractivity contribution in [1.82, 2.24) is 10.6 Å². The van der Waals surface area contributed by atoms with E-state index in [0.29, 0.717) is 24.7 Å². The highest BCUT2D eigenvalue weighted by Gasteiger charge is 2.11. The van der Waals surface area contributed by atoms with E-state index >= 15 is 0 Å². The van der Waals surface area contributed by atoms with Crippen LogP contribution >= 0.6 is 0 Å². The van der Waals surface area contributed by atoms with Gasteiger partial charge >= 0.3 is 0 Å². The second-order valence-corrected chi connectivity index (χ2v) is 8.36. The van der Waals surface area contributed by atoms with Crippen LogP contribution in [-0.4, -0.2) is 63.3 Å². The maximum atomic E-state index is 12.8. The van der Waals surface area contributed by atoms with Crippen LogP contribution in [-0.2, 0) is 9.84 Å². The number of aliphatic imine (C=N–C) groups is 1. The van der Waals surface area contributed by atoms with Crippen LogP contribution in [0.5, 0.6) is 5.75 Å². The van der Waals surface area contributed by atoms with Gasteiger partial charge in [0.25, 0.3) is 0 Å². The van der Waals surface area contributed by atoms with Gasteiger partial charge in [0.2, 0.25) is 0 Å². The SMILES string of the molecule is CCNC(=NCC(O)COc1ccc(F)cc1)NC(C)CCS(C)(=O)=O. The molecule has 0 aliphatic carbocycles. The molecule has 0 saturated heterocycles. The number of sulfone groups is 1. The van der Waals surface area contributed by atoms with Gasteiger partial charge in [0.15, 0.2) is 5.96 Å². The van der Waals surface area contributed by atoms with Crippen molar-refractivity contribution < 1.29 is 22.7 Å². The van der Waals surface area contributed by atoms with Crippen molar-refractivity contribution in [3.8, 4) is 5.75 Å². The van der Waals surface area contributed by atoms with Crippen LogP contribution in [0, 0.1) is 5.82 Å². The van der Waals surface area contributed by atoms with Gasteiger partial charge in [-0.2, -0.15) is 0 Å². The lowest BCUT2D eigenvalue weighted by Gasteiger charge is -2.18. The minimum Gasteiger partial charge on any atom is -0.491 e. The average Bonchev–Trinajstić information content (AvgIpc) is 2.57. The zero-order valence-electron chi connectivity index (χ0n) is 15.4. The van der Waals surface area contributed by atoms with Crippen molar-refractivity contribution in [2.45, 2.75) is 32.4 Å².